The van der Waals surface area contributed by atoms with Crippen LogP contribution < -0.4 is 14.2 Å². The zero-order chi connectivity index (χ0) is 19.1. The molecule has 0 saturated heterocycles. The third-order valence-electron chi connectivity index (χ3n) is 4.75. The molecule has 27 heavy (non-hydrogen) atoms. The van der Waals surface area contributed by atoms with Crippen LogP contribution in [0.1, 0.15) is 5.69 Å². The second-order valence-electron chi connectivity index (χ2n) is 6.29. The van der Waals surface area contributed by atoms with E-state index in [1.807, 2.05) is 32.3 Å². The normalized spacial score (nSPS) is 14.6. The number of pyridine rings is 1. The minimum Gasteiger partial charge on any atom is -0.497 e. The number of benzene rings is 2. The van der Waals surface area contributed by atoms with Gasteiger partial charge in [-0.2, -0.15) is 4.57 Å². The van der Waals surface area contributed by atoms with Crippen molar-refractivity contribution in [3.8, 4) is 5.75 Å². The highest BCUT2D eigenvalue weighted by Crippen LogP contribution is 2.46. The average Bonchev–Trinajstić information content (AvgIpc) is 2.98. The van der Waals surface area contributed by atoms with Crippen LogP contribution in [0.3, 0.4) is 0 Å². The molecule has 1 aromatic heterocycles. The number of ether oxygens (including phenoxy) is 1. The molecule has 0 bridgehead atoms. The maximum atomic E-state index is 11.0. The predicted molar refractivity (Wildman–Crippen MR) is 107 cm³/mol. The smallest absolute Gasteiger partial charge is 0.270 e. The van der Waals surface area contributed by atoms with Gasteiger partial charge >= 0.3 is 0 Å². The monoisotopic (exact) mass is 380 g/mol. The van der Waals surface area contributed by atoms with E-state index in [-0.39, 0.29) is 10.6 Å². The van der Waals surface area contributed by atoms with Crippen molar-refractivity contribution in [1.82, 2.24) is 0 Å². The number of methoxy groups -OCH3 is 1. The molecule has 0 fully saturated rings. The van der Waals surface area contributed by atoms with E-state index in [0.717, 1.165) is 38.0 Å². The average molecular weight is 380 g/mol. The highest BCUT2D eigenvalue weighted by Gasteiger charge is 2.25. The molecule has 1 aliphatic heterocycles. The van der Waals surface area contributed by atoms with Crippen LogP contribution >= 0.6 is 11.8 Å². The van der Waals surface area contributed by atoms with Crippen molar-refractivity contribution in [2.45, 2.75) is 4.90 Å². The molecule has 0 radical (unpaired) electrons. The van der Waals surface area contributed by atoms with Crippen molar-refractivity contribution in [1.29, 1.82) is 0 Å². The number of nitro benzene ring substituents is 1. The van der Waals surface area contributed by atoms with Crippen molar-refractivity contribution in [3.05, 3.63) is 69.4 Å². The molecular weight excluding hydrogens is 362 g/mol. The SMILES string of the molecule is COc1ccc2c(ccc(/C=C3\Sc4cc([N+](=O)[O-])ccc4N3C)[n+]2C)c1. The molecule has 7 heteroatoms. The van der Waals surface area contributed by atoms with E-state index in [1.54, 1.807) is 37.1 Å². The molecule has 1 aliphatic rings. The lowest BCUT2D eigenvalue weighted by molar-refractivity contribution is -0.646. The number of anilines is 1. The van der Waals surface area contributed by atoms with Crippen LogP contribution in [0.15, 0.2) is 58.5 Å². The molecule has 0 aliphatic carbocycles. The highest BCUT2D eigenvalue weighted by molar-refractivity contribution is 8.03. The number of nitrogens with zero attached hydrogens (tertiary/aromatic N) is 3. The minimum absolute atomic E-state index is 0.112. The first kappa shape index (κ1) is 17.4. The quantitative estimate of drug-likeness (QED) is 0.389. The van der Waals surface area contributed by atoms with Crippen molar-refractivity contribution in [2.75, 3.05) is 19.1 Å². The van der Waals surface area contributed by atoms with Gasteiger partial charge in [-0.05, 0) is 24.3 Å². The van der Waals surface area contributed by atoms with Crippen molar-refractivity contribution >= 4 is 40.1 Å². The summed E-state index contributed by atoms with van der Waals surface area (Å²) in [5.41, 5.74) is 3.24. The second kappa shape index (κ2) is 6.59. The molecule has 0 atom stereocenters. The van der Waals surface area contributed by atoms with E-state index >= 15 is 0 Å². The highest BCUT2D eigenvalue weighted by atomic mass is 32.2. The van der Waals surface area contributed by atoms with Gasteiger partial charge in [0.05, 0.1) is 28.1 Å². The standard InChI is InChI=1S/C20H18N3O3S/c1-21-14(5-4-13-10-16(26-3)7-9-17(13)21)12-20-22(2)18-8-6-15(23(24)25)11-19(18)27-20/h4-12H,1-3H3/q+1. The zero-order valence-corrected chi connectivity index (χ0v) is 16.0. The first-order valence-electron chi connectivity index (χ1n) is 8.36. The first-order chi connectivity index (χ1) is 13.0. The fourth-order valence-electron chi connectivity index (χ4n) is 3.20. The molecule has 2 heterocycles. The number of nitro groups is 1. The molecule has 0 N–H and O–H groups in total. The predicted octanol–water partition coefficient (Wildman–Crippen LogP) is 4.12. The Kier molecular flexibility index (Phi) is 4.24. The van der Waals surface area contributed by atoms with Gasteiger partial charge in [-0.25, -0.2) is 0 Å². The number of aromatic nitrogens is 1. The fourth-order valence-corrected chi connectivity index (χ4v) is 4.33. The zero-order valence-electron chi connectivity index (χ0n) is 15.2. The van der Waals surface area contributed by atoms with E-state index in [2.05, 4.69) is 27.7 Å². The van der Waals surface area contributed by atoms with Gasteiger partial charge in [0, 0.05) is 42.3 Å². The number of hydrogen-bond acceptors (Lipinski definition) is 5. The summed E-state index contributed by atoms with van der Waals surface area (Å²) in [6, 6.07) is 15.1. The molecule has 4 rings (SSSR count). The molecular formula is C20H18N3O3S+. The topological polar surface area (TPSA) is 59.5 Å². The molecule has 0 amide bonds. The lowest BCUT2D eigenvalue weighted by Gasteiger charge is -2.13. The Morgan fingerprint density at radius 2 is 2.00 bits per heavy atom. The van der Waals surface area contributed by atoms with Gasteiger partial charge in [-0.1, -0.05) is 11.8 Å². The number of fused-ring (bicyclic) bond motifs is 2. The summed E-state index contributed by atoms with van der Waals surface area (Å²) in [4.78, 5) is 13.6. The largest absolute Gasteiger partial charge is 0.497 e. The third kappa shape index (κ3) is 3.00. The van der Waals surface area contributed by atoms with E-state index in [4.69, 9.17) is 4.74 Å². The third-order valence-corrected chi connectivity index (χ3v) is 5.90. The van der Waals surface area contributed by atoms with Crippen LogP contribution in [0.4, 0.5) is 11.4 Å². The Morgan fingerprint density at radius 3 is 2.74 bits per heavy atom. The Labute approximate surface area is 160 Å². The molecule has 2 aromatic carbocycles. The van der Waals surface area contributed by atoms with Crippen LogP contribution in [0.5, 0.6) is 5.75 Å². The first-order valence-corrected chi connectivity index (χ1v) is 9.18. The number of non-ortho nitro benzene ring substituents is 1. The summed E-state index contributed by atoms with van der Waals surface area (Å²) in [5, 5.41) is 13.1. The minimum atomic E-state index is -0.361. The lowest BCUT2D eigenvalue weighted by Crippen LogP contribution is -2.33. The lowest BCUT2D eigenvalue weighted by atomic mass is 10.1. The summed E-state index contributed by atoms with van der Waals surface area (Å²) in [7, 11) is 5.66. The van der Waals surface area contributed by atoms with Crippen molar-refractivity contribution < 1.29 is 14.2 Å². The molecule has 0 spiro atoms. The van der Waals surface area contributed by atoms with Crippen LogP contribution in [0.25, 0.3) is 17.0 Å². The van der Waals surface area contributed by atoms with Crippen molar-refractivity contribution in [2.24, 2.45) is 7.05 Å². The number of hydrogen-bond donors (Lipinski definition) is 0. The maximum absolute atomic E-state index is 11.0. The van der Waals surface area contributed by atoms with Crippen LogP contribution in [-0.4, -0.2) is 19.1 Å². The maximum Gasteiger partial charge on any atom is 0.270 e. The Hall–Kier alpha value is -3.06. The molecule has 0 unspecified atom stereocenters. The molecule has 6 nitrogen and oxygen atoms in total. The van der Waals surface area contributed by atoms with E-state index < -0.39 is 0 Å². The molecule has 3 aromatic rings. The fraction of sp³-hybridized carbons (Fsp3) is 0.150. The van der Waals surface area contributed by atoms with Gasteiger partial charge in [0.2, 0.25) is 11.2 Å². The van der Waals surface area contributed by atoms with Crippen molar-refractivity contribution in [3.63, 3.8) is 0 Å². The summed E-state index contributed by atoms with van der Waals surface area (Å²) < 4.78 is 7.42. The van der Waals surface area contributed by atoms with Gasteiger partial charge in [-0.15, -0.1) is 0 Å². The van der Waals surface area contributed by atoms with Crippen LogP contribution in [-0.2, 0) is 7.05 Å². The molecule has 136 valence electrons. The Morgan fingerprint density at radius 1 is 1.19 bits per heavy atom. The number of rotatable bonds is 3. The van der Waals surface area contributed by atoms with Gasteiger partial charge in [0.25, 0.3) is 5.69 Å². The molecule has 0 saturated carbocycles. The van der Waals surface area contributed by atoms with Crippen LogP contribution in [0, 0.1) is 10.1 Å². The van der Waals surface area contributed by atoms with Gasteiger partial charge in [0.15, 0.2) is 0 Å². The van der Waals surface area contributed by atoms with Crippen LogP contribution in [0.2, 0.25) is 0 Å². The summed E-state index contributed by atoms with van der Waals surface area (Å²) in [6.07, 6.45) is 2.10. The second-order valence-corrected chi connectivity index (χ2v) is 7.36. The van der Waals surface area contributed by atoms with Gasteiger partial charge in [-0.3, -0.25) is 10.1 Å². The Balaban J connectivity index is 1.73. The summed E-state index contributed by atoms with van der Waals surface area (Å²) in [6.45, 7) is 0. The van der Waals surface area contributed by atoms with E-state index in [0.29, 0.717) is 0 Å². The number of thioether (sulfide) groups is 1. The van der Waals surface area contributed by atoms with Gasteiger partial charge in [0.1, 0.15) is 12.8 Å². The van der Waals surface area contributed by atoms with E-state index in [1.165, 1.54) is 0 Å². The van der Waals surface area contributed by atoms with Gasteiger partial charge < -0.3 is 9.64 Å². The summed E-state index contributed by atoms with van der Waals surface area (Å²) in [5.74, 6) is 0.830. The Bertz CT molecular complexity index is 1110. The van der Waals surface area contributed by atoms with E-state index in [9.17, 15) is 10.1 Å². The summed E-state index contributed by atoms with van der Waals surface area (Å²) >= 11 is 1.54. The number of aryl methyl sites for hydroxylation is 1.